The molecule has 194 valence electrons. The van der Waals surface area contributed by atoms with Gasteiger partial charge in [-0.3, -0.25) is 0 Å². The Labute approximate surface area is 228 Å². The predicted molar refractivity (Wildman–Crippen MR) is 127 cm³/mol. The van der Waals surface area contributed by atoms with Crippen LogP contribution in [0.2, 0.25) is 0 Å². The zero-order chi connectivity index (χ0) is 27.0. The van der Waals surface area contributed by atoms with E-state index >= 15 is 8.78 Å². The van der Waals surface area contributed by atoms with E-state index in [1.807, 2.05) is 0 Å². The van der Waals surface area contributed by atoms with Gasteiger partial charge in [0.05, 0.1) is 40.2 Å². The fraction of sp³-hybridized carbons (Fsp3) is 0. The molecule has 0 radical (unpaired) electrons. The molecule has 0 unspecified atom stereocenters. The quantitative estimate of drug-likeness (QED) is 0.141. The summed E-state index contributed by atoms with van der Waals surface area (Å²) in [4.78, 5) is -3.95. The van der Waals surface area contributed by atoms with Crippen LogP contribution in [0.3, 0.4) is 0 Å². The van der Waals surface area contributed by atoms with Crippen molar-refractivity contribution in [2.45, 2.75) is 49.0 Å². The van der Waals surface area contributed by atoms with E-state index in [0.717, 1.165) is 12.1 Å². The van der Waals surface area contributed by atoms with Gasteiger partial charge in [0, 0.05) is 19.6 Å². The molecule has 1 nitrogen and oxygen atoms in total. The van der Waals surface area contributed by atoms with Crippen molar-refractivity contribution in [2.24, 2.45) is 0 Å². The van der Waals surface area contributed by atoms with Gasteiger partial charge in [-0.1, -0.05) is 59.2 Å². The van der Waals surface area contributed by atoms with Crippen LogP contribution in [-0.2, 0) is 10.8 Å². The monoisotopic (exact) mass is 622 g/mol. The summed E-state index contributed by atoms with van der Waals surface area (Å²) < 4.78 is 132. The van der Waals surface area contributed by atoms with Crippen molar-refractivity contribution in [3.8, 4) is 0 Å². The van der Waals surface area contributed by atoms with Crippen LogP contribution in [0, 0.1) is 46.5 Å². The molecule has 2 aliphatic rings. The molecule has 0 atom stereocenters. The molecular weight excluding hydrogens is 617 g/mol. The maximum atomic E-state index is 15.2. The standard InChI is InChI=1S/C24H6F8OS5/c25-7-3-1-5-9-17(7)36-19-13(29)11(27)15(31)23(21(19)34-9)38(33)24-16(32)12(28)14(30)20-22(24)35-10-6-2-4-8(26)18(10)37-20/h1-6H. The molecule has 38 heavy (non-hydrogen) atoms. The lowest BCUT2D eigenvalue weighted by Crippen LogP contribution is -2.13. The van der Waals surface area contributed by atoms with Crippen molar-refractivity contribution in [3.63, 3.8) is 0 Å². The molecule has 0 bridgehead atoms. The van der Waals surface area contributed by atoms with Gasteiger partial charge in [-0.25, -0.2) is 39.3 Å². The fourth-order valence-corrected chi connectivity index (χ4v) is 10.5. The Balaban J connectivity index is 1.59. The Bertz CT molecular complexity index is 1620. The third kappa shape index (κ3) is 3.82. The Morgan fingerprint density at radius 3 is 1.24 bits per heavy atom. The van der Waals surface area contributed by atoms with Gasteiger partial charge in [-0.2, -0.15) is 0 Å². The molecule has 0 amide bonds. The zero-order valence-corrected chi connectivity index (χ0v) is 22.0. The van der Waals surface area contributed by atoms with Crippen LogP contribution in [0.15, 0.2) is 85.4 Å². The molecule has 0 spiro atoms. The van der Waals surface area contributed by atoms with Crippen molar-refractivity contribution >= 4 is 57.8 Å². The zero-order valence-electron chi connectivity index (χ0n) is 17.9. The first-order valence-corrected chi connectivity index (χ1v) is 14.6. The minimum atomic E-state index is -3.07. The minimum Gasteiger partial charge on any atom is -0.249 e. The fourth-order valence-electron chi connectivity index (χ4n) is 3.76. The highest BCUT2D eigenvalue weighted by Crippen LogP contribution is 2.56. The van der Waals surface area contributed by atoms with Crippen LogP contribution in [0.4, 0.5) is 35.1 Å². The van der Waals surface area contributed by atoms with E-state index in [1.54, 1.807) is 0 Å². The summed E-state index contributed by atoms with van der Waals surface area (Å²) in [5.41, 5.74) is 0. The Morgan fingerprint density at radius 1 is 0.447 bits per heavy atom. The van der Waals surface area contributed by atoms with Crippen LogP contribution in [0.25, 0.3) is 0 Å². The second-order valence-electron chi connectivity index (χ2n) is 7.67. The van der Waals surface area contributed by atoms with E-state index in [-0.39, 0.29) is 19.6 Å². The average molecular weight is 623 g/mol. The van der Waals surface area contributed by atoms with E-state index in [4.69, 9.17) is 0 Å². The highest BCUT2D eigenvalue weighted by molar-refractivity contribution is 8.06. The number of fused-ring (bicyclic) bond motifs is 4. The smallest absolute Gasteiger partial charge is 0.196 e. The van der Waals surface area contributed by atoms with E-state index < -0.39 is 86.7 Å². The summed E-state index contributed by atoms with van der Waals surface area (Å²) in [6, 6.07) is 7.59. The SMILES string of the molecule is O=S(c1c(F)c(F)c(F)c2c1Sc1cccc(F)c1S2)c1c(F)c(F)c(F)c2c1Sc1cccc(F)c1S2. The second kappa shape index (κ2) is 9.51. The van der Waals surface area contributed by atoms with Gasteiger partial charge in [0.2, 0.25) is 0 Å². The van der Waals surface area contributed by atoms with E-state index in [9.17, 15) is 30.6 Å². The number of halogens is 8. The third-order valence-electron chi connectivity index (χ3n) is 5.46. The van der Waals surface area contributed by atoms with Crippen LogP contribution in [0.1, 0.15) is 0 Å². The lowest BCUT2D eigenvalue weighted by molar-refractivity contribution is 0.408. The van der Waals surface area contributed by atoms with Crippen LogP contribution in [-0.4, -0.2) is 4.21 Å². The largest absolute Gasteiger partial charge is 0.249 e. The van der Waals surface area contributed by atoms with E-state index in [2.05, 4.69) is 0 Å². The molecule has 0 aliphatic carbocycles. The number of rotatable bonds is 2. The summed E-state index contributed by atoms with van der Waals surface area (Å²) in [5, 5.41) is 0. The molecular formula is C24H6F8OS5. The summed E-state index contributed by atoms with van der Waals surface area (Å²) in [6.07, 6.45) is 0. The normalized spacial score (nSPS) is 13.7. The average Bonchev–Trinajstić information content (AvgIpc) is 2.90. The van der Waals surface area contributed by atoms with Crippen LogP contribution in [0.5, 0.6) is 0 Å². The topological polar surface area (TPSA) is 17.1 Å². The first kappa shape index (κ1) is 26.1. The number of benzene rings is 4. The molecule has 0 saturated heterocycles. The van der Waals surface area contributed by atoms with Crippen molar-refractivity contribution in [2.75, 3.05) is 0 Å². The lowest BCUT2D eigenvalue weighted by atomic mass is 10.3. The van der Waals surface area contributed by atoms with Crippen molar-refractivity contribution in [1.82, 2.24) is 0 Å². The van der Waals surface area contributed by atoms with Crippen molar-refractivity contribution in [3.05, 3.63) is 82.9 Å². The van der Waals surface area contributed by atoms with E-state index in [1.165, 1.54) is 24.3 Å². The summed E-state index contributed by atoms with van der Waals surface area (Å²) in [6.45, 7) is 0. The molecule has 14 heteroatoms. The van der Waals surface area contributed by atoms with Gasteiger partial charge in [-0.05, 0) is 24.3 Å². The number of hydrogen-bond donors (Lipinski definition) is 0. The Morgan fingerprint density at radius 2 is 0.842 bits per heavy atom. The molecule has 4 aromatic rings. The first-order valence-electron chi connectivity index (χ1n) is 10.2. The van der Waals surface area contributed by atoms with Crippen molar-refractivity contribution < 1.29 is 39.3 Å². The minimum absolute atomic E-state index is 0.0892. The second-order valence-corrected chi connectivity index (χ2v) is 13.2. The van der Waals surface area contributed by atoms with Gasteiger partial charge >= 0.3 is 0 Å². The van der Waals surface area contributed by atoms with Crippen LogP contribution < -0.4 is 0 Å². The molecule has 2 aliphatic heterocycles. The summed E-state index contributed by atoms with van der Waals surface area (Å²) in [7, 11) is -3.07. The highest BCUT2D eigenvalue weighted by atomic mass is 32.2. The number of hydrogen-bond acceptors (Lipinski definition) is 5. The molecule has 2 heterocycles. The maximum absolute atomic E-state index is 15.2. The van der Waals surface area contributed by atoms with Gasteiger partial charge in [0.25, 0.3) is 0 Å². The molecule has 0 aromatic heterocycles. The Kier molecular flexibility index (Phi) is 6.53. The predicted octanol–water partition coefficient (Wildman–Crippen LogP) is 9.20. The highest BCUT2D eigenvalue weighted by Gasteiger charge is 2.39. The lowest BCUT2D eigenvalue weighted by Gasteiger charge is -2.25. The van der Waals surface area contributed by atoms with Gasteiger partial charge < -0.3 is 0 Å². The molecule has 6 rings (SSSR count). The van der Waals surface area contributed by atoms with Gasteiger partial charge in [-0.15, -0.1) is 0 Å². The van der Waals surface area contributed by atoms with Gasteiger partial charge in [0.1, 0.15) is 11.6 Å². The Hall–Kier alpha value is -2.13. The molecule has 0 fully saturated rings. The molecule has 4 aromatic carbocycles. The summed E-state index contributed by atoms with van der Waals surface area (Å²) in [5.74, 6) is -12.8. The van der Waals surface area contributed by atoms with Gasteiger partial charge in [0.15, 0.2) is 34.9 Å². The summed E-state index contributed by atoms with van der Waals surface area (Å²) >= 11 is 2.00. The van der Waals surface area contributed by atoms with Crippen LogP contribution >= 0.6 is 47.0 Å². The third-order valence-corrected chi connectivity index (χ3v) is 12.5. The first-order chi connectivity index (χ1) is 18.1. The molecule has 0 saturated carbocycles. The van der Waals surface area contributed by atoms with Crippen molar-refractivity contribution in [1.29, 1.82) is 0 Å². The van der Waals surface area contributed by atoms with E-state index in [0.29, 0.717) is 47.0 Å². The maximum Gasteiger partial charge on any atom is 0.196 e. The molecule has 0 N–H and O–H groups in total.